The van der Waals surface area contributed by atoms with Gasteiger partial charge >= 0.3 is 5.97 Å². The lowest BCUT2D eigenvalue weighted by Crippen LogP contribution is -2.45. The zero-order chi connectivity index (χ0) is 26.9. The van der Waals surface area contributed by atoms with Crippen LogP contribution in [-0.4, -0.2) is 60.9 Å². The van der Waals surface area contributed by atoms with Crippen molar-refractivity contribution in [2.75, 3.05) is 24.7 Å². The second kappa shape index (κ2) is 11.0. The number of benzene rings is 1. The molecule has 7 nitrogen and oxygen atoms in total. The quantitative estimate of drug-likeness (QED) is 0.383. The second-order valence-corrected chi connectivity index (χ2v) is 13.7. The van der Waals surface area contributed by atoms with Crippen molar-refractivity contribution in [3.8, 4) is 0 Å². The Balaban J connectivity index is 1.44. The summed E-state index contributed by atoms with van der Waals surface area (Å²) in [6.07, 6.45) is 5.02. The molecule has 200 valence electrons. The first kappa shape index (κ1) is 26.6. The van der Waals surface area contributed by atoms with Crippen molar-refractivity contribution in [1.82, 2.24) is 9.88 Å². The number of nitrogens with zero attached hydrogens (tertiary/aromatic N) is 2. The van der Waals surface area contributed by atoms with E-state index in [-0.39, 0.29) is 29.4 Å². The number of fused-ring (bicyclic) bond motifs is 2. The van der Waals surface area contributed by atoms with E-state index in [2.05, 4.69) is 12.1 Å². The minimum Gasteiger partial charge on any atom is -0.452 e. The van der Waals surface area contributed by atoms with Crippen LogP contribution in [0.15, 0.2) is 41.8 Å². The summed E-state index contributed by atoms with van der Waals surface area (Å²) in [6, 6.07) is 11.2. The minimum atomic E-state index is -3.16. The fourth-order valence-corrected chi connectivity index (χ4v) is 7.82. The van der Waals surface area contributed by atoms with Crippen molar-refractivity contribution in [3.63, 3.8) is 0 Å². The van der Waals surface area contributed by atoms with Crippen LogP contribution in [0.1, 0.15) is 59.6 Å². The van der Waals surface area contributed by atoms with E-state index in [1.165, 1.54) is 0 Å². The van der Waals surface area contributed by atoms with E-state index in [9.17, 15) is 18.0 Å². The molecule has 2 aliphatic rings. The van der Waals surface area contributed by atoms with Crippen molar-refractivity contribution in [3.05, 3.63) is 63.5 Å². The van der Waals surface area contributed by atoms with E-state index in [0.29, 0.717) is 35.9 Å². The first-order chi connectivity index (χ1) is 18.2. The molecular weight excluding hydrogens is 520 g/mol. The fourth-order valence-electron chi connectivity index (χ4n) is 5.40. The highest BCUT2D eigenvalue weighted by Gasteiger charge is 2.35. The Kier molecular flexibility index (Phi) is 7.68. The maximum absolute atomic E-state index is 13.6. The van der Waals surface area contributed by atoms with Gasteiger partial charge in [0.05, 0.1) is 28.3 Å². The van der Waals surface area contributed by atoms with Gasteiger partial charge in [-0.15, -0.1) is 11.3 Å². The lowest BCUT2D eigenvalue weighted by atomic mass is 9.86. The zero-order valence-electron chi connectivity index (χ0n) is 21.7. The smallest absolute Gasteiger partial charge is 0.339 e. The van der Waals surface area contributed by atoms with Gasteiger partial charge in [-0.1, -0.05) is 38.1 Å². The normalized spacial score (nSPS) is 19.6. The van der Waals surface area contributed by atoms with Gasteiger partial charge in [-0.3, -0.25) is 4.79 Å². The van der Waals surface area contributed by atoms with E-state index in [1.54, 1.807) is 16.2 Å². The van der Waals surface area contributed by atoms with Crippen LogP contribution in [0.3, 0.4) is 0 Å². The van der Waals surface area contributed by atoms with Gasteiger partial charge in [-0.05, 0) is 66.3 Å². The molecule has 0 spiro atoms. The minimum absolute atomic E-state index is 0.0404. The molecule has 1 saturated heterocycles. The number of aromatic nitrogens is 1. The van der Waals surface area contributed by atoms with Crippen LogP contribution in [0.25, 0.3) is 22.6 Å². The SMILES string of the molecule is CC(C)CN(C(=O)COC(=O)c1c2c(nc3ccccc13)/C(=C/c1cccs1)CCC2)[C@@H]1CCS(=O)(=O)C1. The van der Waals surface area contributed by atoms with Crippen LogP contribution in [0.4, 0.5) is 0 Å². The third-order valence-corrected chi connectivity index (χ3v) is 9.66. The van der Waals surface area contributed by atoms with Crippen LogP contribution in [0, 0.1) is 5.92 Å². The van der Waals surface area contributed by atoms with Gasteiger partial charge in [0.1, 0.15) is 0 Å². The van der Waals surface area contributed by atoms with Crippen LogP contribution >= 0.6 is 11.3 Å². The third-order valence-electron chi connectivity index (χ3n) is 7.09. The molecule has 1 atom stereocenters. The average molecular weight is 553 g/mol. The molecule has 0 radical (unpaired) electrons. The molecule has 3 heterocycles. The highest BCUT2D eigenvalue weighted by atomic mass is 32.2. The van der Waals surface area contributed by atoms with Crippen molar-refractivity contribution < 1.29 is 22.7 Å². The maximum Gasteiger partial charge on any atom is 0.339 e. The number of hydrogen-bond acceptors (Lipinski definition) is 7. The number of para-hydroxylation sites is 1. The number of carbonyl (C=O) groups excluding carboxylic acids is 2. The predicted molar refractivity (Wildman–Crippen MR) is 151 cm³/mol. The van der Waals surface area contributed by atoms with Gasteiger partial charge in [-0.2, -0.15) is 0 Å². The van der Waals surface area contributed by atoms with Gasteiger partial charge in [0.25, 0.3) is 5.91 Å². The number of sulfone groups is 1. The van der Waals surface area contributed by atoms with E-state index >= 15 is 0 Å². The molecule has 5 rings (SSSR count). The molecule has 1 fully saturated rings. The number of amides is 1. The zero-order valence-corrected chi connectivity index (χ0v) is 23.3. The molecule has 3 aromatic rings. The van der Waals surface area contributed by atoms with Crippen molar-refractivity contribution in [2.24, 2.45) is 5.92 Å². The largest absolute Gasteiger partial charge is 0.452 e. The highest BCUT2D eigenvalue weighted by molar-refractivity contribution is 7.91. The Bertz CT molecular complexity index is 1490. The number of allylic oxidation sites excluding steroid dienone is 1. The molecule has 1 aliphatic heterocycles. The highest BCUT2D eigenvalue weighted by Crippen LogP contribution is 2.37. The van der Waals surface area contributed by atoms with Gasteiger partial charge < -0.3 is 9.64 Å². The van der Waals surface area contributed by atoms with Gasteiger partial charge in [-0.25, -0.2) is 18.2 Å². The Hall–Kier alpha value is -3.04. The number of esters is 1. The summed E-state index contributed by atoms with van der Waals surface area (Å²) in [4.78, 5) is 34.5. The predicted octanol–water partition coefficient (Wildman–Crippen LogP) is 5.00. The average Bonchev–Trinajstić information content (AvgIpc) is 3.53. The van der Waals surface area contributed by atoms with Crippen LogP contribution < -0.4 is 0 Å². The molecule has 0 unspecified atom stereocenters. The number of pyridine rings is 1. The number of carbonyl (C=O) groups is 2. The Morgan fingerprint density at radius 1 is 1.18 bits per heavy atom. The first-order valence-corrected chi connectivity index (χ1v) is 15.7. The molecule has 2 aromatic heterocycles. The molecule has 0 N–H and O–H groups in total. The maximum atomic E-state index is 13.6. The van der Waals surface area contributed by atoms with E-state index in [0.717, 1.165) is 34.5 Å². The summed E-state index contributed by atoms with van der Waals surface area (Å²) in [5, 5.41) is 2.75. The molecule has 0 bridgehead atoms. The van der Waals surface area contributed by atoms with Crippen molar-refractivity contribution in [2.45, 2.75) is 45.6 Å². The van der Waals surface area contributed by atoms with Gasteiger partial charge in [0.2, 0.25) is 0 Å². The summed E-state index contributed by atoms with van der Waals surface area (Å²) in [7, 11) is -3.16. The van der Waals surface area contributed by atoms with E-state index in [4.69, 9.17) is 9.72 Å². The van der Waals surface area contributed by atoms with Gasteiger partial charge in [0, 0.05) is 22.8 Å². The molecule has 1 aliphatic carbocycles. The lowest BCUT2D eigenvalue weighted by molar-refractivity contribution is -0.137. The van der Waals surface area contributed by atoms with Crippen molar-refractivity contribution in [1.29, 1.82) is 0 Å². The Labute approximate surface area is 227 Å². The number of ether oxygens (including phenoxy) is 1. The standard InChI is InChI=1S/C29H32N2O5S2/c1-19(2)16-31(21-12-14-38(34,35)18-21)26(32)17-36-29(33)27-23-9-3-4-11-25(23)30-28-20(7-5-10-24(27)28)15-22-8-6-13-37-22/h3-4,6,8-9,11,13,15,19,21H,5,7,10,12,14,16-18H2,1-2H3/b20-15+/t21-/m1/s1. The topological polar surface area (TPSA) is 93.6 Å². The van der Waals surface area contributed by atoms with Crippen LogP contribution in [0.5, 0.6) is 0 Å². The first-order valence-electron chi connectivity index (χ1n) is 13.0. The number of hydrogen-bond donors (Lipinski definition) is 0. The Morgan fingerprint density at radius 3 is 2.71 bits per heavy atom. The number of thiophene rings is 1. The third kappa shape index (κ3) is 5.68. The summed E-state index contributed by atoms with van der Waals surface area (Å²) in [5.74, 6) is -0.715. The summed E-state index contributed by atoms with van der Waals surface area (Å²) < 4.78 is 29.8. The summed E-state index contributed by atoms with van der Waals surface area (Å²) >= 11 is 1.66. The molecular formula is C29H32N2O5S2. The lowest BCUT2D eigenvalue weighted by Gasteiger charge is -2.30. The van der Waals surface area contributed by atoms with Crippen molar-refractivity contribution >= 4 is 55.6 Å². The van der Waals surface area contributed by atoms with Crippen LogP contribution in [-0.2, 0) is 25.8 Å². The monoisotopic (exact) mass is 552 g/mol. The molecule has 0 saturated carbocycles. The fraction of sp³-hybridized carbons (Fsp3) is 0.414. The van der Waals surface area contributed by atoms with Gasteiger partial charge in [0.15, 0.2) is 16.4 Å². The Morgan fingerprint density at radius 2 is 2.00 bits per heavy atom. The molecule has 38 heavy (non-hydrogen) atoms. The molecule has 1 aromatic carbocycles. The summed E-state index contributed by atoms with van der Waals surface area (Å²) in [6.45, 7) is 3.95. The van der Waals surface area contributed by atoms with Crippen LogP contribution in [0.2, 0.25) is 0 Å². The molecule has 9 heteroatoms. The van der Waals surface area contributed by atoms with E-state index in [1.807, 2.05) is 49.6 Å². The number of rotatable bonds is 7. The van der Waals surface area contributed by atoms with E-state index < -0.39 is 22.4 Å². The summed E-state index contributed by atoms with van der Waals surface area (Å²) in [5.41, 5.74) is 3.95. The second-order valence-electron chi connectivity index (χ2n) is 10.4. The molecule has 1 amide bonds.